The molecule has 1 heterocycles. The molecule has 0 aliphatic carbocycles. The second-order valence-corrected chi connectivity index (χ2v) is 5.49. The zero-order chi connectivity index (χ0) is 19.1. The molecule has 0 aliphatic rings. The molecule has 2 N–H and O–H groups in total. The molecule has 0 aliphatic heterocycles. The zero-order valence-electron chi connectivity index (χ0n) is 13.8. The predicted octanol–water partition coefficient (Wildman–Crippen LogP) is 4.22. The van der Waals surface area contributed by atoms with Crippen LogP contribution in [0.25, 0.3) is 0 Å². The highest BCUT2D eigenvalue weighted by Gasteiger charge is 2.08. The number of hydrogen-bond acceptors (Lipinski definition) is 5. The van der Waals surface area contributed by atoms with E-state index >= 15 is 0 Å². The highest BCUT2D eigenvalue weighted by atomic mass is 35.5. The van der Waals surface area contributed by atoms with Crippen molar-refractivity contribution in [3.8, 4) is 11.6 Å². The van der Waals surface area contributed by atoms with Crippen LogP contribution in [-0.2, 0) is 0 Å². The average Bonchev–Trinajstić information content (AvgIpc) is 2.66. The van der Waals surface area contributed by atoms with E-state index in [9.17, 15) is 9.18 Å². The van der Waals surface area contributed by atoms with Crippen molar-refractivity contribution in [2.75, 3.05) is 5.32 Å². The lowest BCUT2D eigenvalue weighted by Gasteiger charge is -2.06. The van der Waals surface area contributed by atoms with Gasteiger partial charge in [-0.05, 0) is 41.4 Å². The number of urea groups is 1. The van der Waals surface area contributed by atoms with Gasteiger partial charge in [0.1, 0.15) is 5.75 Å². The highest BCUT2D eigenvalue weighted by molar-refractivity contribution is 6.28. The summed E-state index contributed by atoms with van der Waals surface area (Å²) in [6.45, 7) is 0. The van der Waals surface area contributed by atoms with E-state index in [1.165, 1.54) is 6.21 Å². The van der Waals surface area contributed by atoms with E-state index in [-0.39, 0.29) is 11.2 Å². The van der Waals surface area contributed by atoms with Gasteiger partial charge in [0.05, 0.1) is 12.4 Å². The Morgan fingerprint density at radius 1 is 1.19 bits per heavy atom. The molecule has 0 saturated carbocycles. The van der Waals surface area contributed by atoms with Crippen molar-refractivity contribution in [3.05, 3.63) is 77.5 Å². The first-order chi connectivity index (χ1) is 13.1. The number of anilines is 1. The number of halogens is 2. The average molecular weight is 386 g/mol. The fourth-order valence-corrected chi connectivity index (χ4v) is 2.14. The Labute approximate surface area is 158 Å². The van der Waals surface area contributed by atoms with E-state index in [0.29, 0.717) is 17.0 Å². The Morgan fingerprint density at radius 2 is 2.00 bits per heavy atom. The fraction of sp³-hybridized carbons (Fsp3) is 0. The standard InChI is InChI=1S/C18H13ClFN5O2/c19-17-21-11-15(20)16(24-17)27-14-8-4-5-12(9-14)10-22-25-18(26)23-13-6-2-1-3-7-13/h1-11H,(H2,23,25,26)/b22-10-. The molecule has 27 heavy (non-hydrogen) atoms. The molecule has 3 rings (SSSR count). The number of amides is 2. The first-order valence-corrected chi connectivity index (χ1v) is 8.09. The summed E-state index contributed by atoms with van der Waals surface area (Å²) >= 11 is 5.63. The van der Waals surface area contributed by atoms with Gasteiger partial charge in [0, 0.05) is 5.69 Å². The minimum atomic E-state index is -0.738. The summed E-state index contributed by atoms with van der Waals surface area (Å²) in [5.74, 6) is -0.705. The molecule has 0 saturated heterocycles. The molecule has 0 atom stereocenters. The number of nitrogens with one attached hydrogen (secondary N) is 2. The van der Waals surface area contributed by atoms with Crippen LogP contribution in [0.15, 0.2) is 65.9 Å². The minimum Gasteiger partial charge on any atom is -0.436 e. The molecule has 2 amide bonds. The Morgan fingerprint density at radius 3 is 2.81 bits per heavy atom. The summed E-state index contributed by atoms with van der Waals surface area (Å²) in [4.78, 5) is 18.9. The lowest BCUT2D eigenvalue weighted by Crippen LogP contribution is -2.24. The van der Waals surface area contributed by atoms with Crippen LogP contribution >= 0.6 is 11.6 Å². The normalized spacial score (nSPS) is 10.6. The number of benzene rings is 2. The number of nitrogens with zero attached hydrogens (tertiary/aromatic N) is 3. The van der Waals surface area contributed by atoms with Gasteiger partial charge in [0.15, 0.2) is 0 Å². The number of ether oxygens (including phenoxy) is 1. The molecule has 0 spiro atoms. The number of hydrogen-bond donors (Lipinski definition) is 2. The lowest BCUT2D eigenvalue weighted by atomic mass is 10.2. The molecule has 7 nitrogen and oxygen atoms in total. The molecular formula is C18H13ClFN5O2. The van der Waals surface area contributed by atoms with Gasteiger partial charge >= 0.3 is 6.03 Å². The quantitative estimate of drug-likeness (QED) is 0.391. The van der Waals surface area contributed by atoms with E-state index in [4.69, 9.17) is 16.3 Å². The minimum absolute atomic E-state index is 0.127. The monoisotopic (exact) mass is 385 g/mol. The van der Waals surface area contributed by atoms with Crippen LogP contribution in [0.4, 0.5) is 14.9 Å². The molecule has 136 valence electrons. The molecule has 0 radical (unpaired) electrons. The Bertz CT molecular complexity index is 969. The zero-order valence-corrected chi connectivity index (χ0v) is 14.5. The molecule has 0 fully saturated rings. The summed E-state index contributed by atoms with van der Waals surface area (Å²) in [5.41, 5.74) is 3.61. The first kappa shape index (κ1) is 18.3. The van der Waals surface area contributed by atoms with Crippen molar-refractivity contribution in [1.29, 1.82) is 0 Å². The lowest BCUT2D eigenvalue weighted by molar-refractivity contribution is 0.252. The van der Waals surface area contributed by atoms with Crippen molar-refractivity contribution in [2.45, 2.75) is 0 Å². The topological polar surface area (TPSA) is 88.5 Å². The largest absolute Gasteiger partial charge is 0.436 e. The maximum absolute atomic E-state index is 13.6. The smallest absolute Gasteiger partial charge is 0.339 e. The third kappa shape index (κ3) is 5.48. The number of hydrazone groups is 1. The number of carbonyl (C=O) groups excluding carboxylic acids is 1. The number of para-hydroxylation sites is 1. The molecule has 2 aromatic carbocycles. The van der Waals surface area contributed by atoms with Gasteiger partial charge in [-0.25, -0.2) is 15.2 Å². The molecule has 3 aromatic rings. The number of rotatable bonds is 5. The SMILES string of the molecule is O=C(N/N=C\c1cccc(Oc2nc(Cl)ncc2F)c1)Nc1ccccc1. The van der Waals surface area contributed by atoms with Crippen LogP contribution in [0.5, 0.6) is 11.6 Å². The van der Waals surface area contributed by atoms with Gasteiger partial charge in [-0.1, -0.05) is 30.3 Å². The van der Waals surface area contributed by atoms with Crippen LogP contribution in [0.3, 0.4) is 0 Å². The Balaban J connectivity index is 1.61. The van der Waals surface area contributed by atoms with Crippen LogP contribution in [0.1, 0.15) is 5.56 Å². The van der Waals surface area contributed by atoms with E-state index < -0.39 is 11.8 Å². The van der Waals surface area contributed by atoms with Gasteiger partial charge in [-0.15, -0.1) is 0 Å². The highest BCUT2D eigenvalue weighted by Crippen LogP contribution is 2.23. The van der Waals surface area contributed by atoms with Gasteiger partial charge in [0.2, 0.25) is 11.1 Å². The molecule has 0 bridgehead atoms. The summed E-state index contributed by atoms with van der Waals surface area (Å²) < 4.78 is 19.0. The van der Waals surface area contributed by atoms with Gasteiger partial charge in [0.25, 0.3) is 5.88 Å². The van der Waals surface area contributed by atoms with E-state index in [1.807, 2.05) is 6.07 Å². The van der Waals surface area contributed by atoms with Crippen molar-refractivity contribution in [3.63, 3.8) is 0 Å². The van der Waals surface area contributed by atoms with Crippen LogP contribution < -0.4 is 15.5 Å². The maximum atomic E-state index is 13.6. The van der Waals surface area contributed by atoms with Crippen molar-refractivity contribution < 1.29 is 13.9 Å². The van der Waals surface area contributed by atoms with Gasteiger partial charge in [-0.2, -0.15) is 14.5 Å². The summed E-state index contributed by atoms with van der Waals surface area (Å²) in [6, 6.07) is 15.1. The second kappa shape index (κ2) is 8.72. The summed E-state index contributed by atoms with van der Waals surface area (Å²) in [7, 11) is 0. The third-order valence-corrected chi connectivity index (χ3v) is 3.35. The fourth-order valence-electron chi connectivity index (χ4n) is 2.02. The summed E-state index contributed by atoms with van der Waals surface area (Å²) in [5, 5.41) is 6.35. The molecule has 0 unspecified atom stereocenters. The van der Waals surface area contributed by atoms with Crippen LogP contribution in [0.2, 0.25) is 5.28 Å². The van der Waals surface area contributed by atoms with E-state index in [0.717, 1.165) is 6.20 Å². The molecule has 9 heteroatoms. The van der Waals surface area contributed by atoms with Crippen molar-refractivity contribution in [1.82, 2.24) is 15.4 Å². The van der Waals surface area contributed by atoms with Crippen molar-refractivity contribution in [2.24, 2.45) is 5.10 Å². The predicted molar refractivity (Wildman–Crippen MR) is 99.7 cm³/mol. The molecular weight excluding hydrogens is 373 g/mol. The third-order valence-electron chi connectivity index (χ3n) is 3.17. The number of aromatic nitrogens is 2. The second-order valence-electron chi connectivity index (χ2n) is 5.16. The van der Waals surface area contributed by atoms with Gasteiger partial charge in [-0.3, -0.25) is 0 Å². The van der Waals surface area contributed by atoms with Crippen molar-refractivity contribution >= 4 is 29.5 Å². The first-order valence-electron chi connectivity index (χ1n) is 7.71. The van der Waals surface area contributed by atoms with E-state index in [1.54, 1.807) is 48.5 Å². The van der Waals surface area contributed by atoms with E-state index in [2.05, 4.69) is 25.8 Å². The van der Waals surface area contributed by atoms with Gasteiger partial charge < -0.3 is 10.1 Å². The van der Waals surface area contributed by atoms with Crippen LogP contribution in [-0.4, -0.2) is 22.2 Å². The Kier molecular flexibility index (Phi) is 5.91. The molecule has 1 aromatic heterocycles. The van der Waals surface area contributed by atoms with Crippen LogP contribution in [0, 0.1) is 5.82 Å². The maximum Gasteiger partial charge on any atom is 0.339 e. The number of carbonyl (C=O) groups is 1. The Hall–Kier alpha value is -3.52. The summed E-state index contributed by atoms with van der Waals surface area (Å²) in [6.07, 6.45) is 2.34.